The van der Waals surface area contributed by atoms with Crippen molar-refractivity contribution in [2.45, 2.75) is 6.18 Å². The number of nitrogens with one attached hydrogen (secondary N) is 1. The van der Waals surface area contributed by atoms with Crippen LogP contribution in [0.15, 0.2) is 42.5 Å². The lowest BCUT2D eigenvalue weighted by Gasteiger charge is -2.14. The molecule has 0 aliphatic rings. The van der Waals surface area contributed by atoms with E-state index in [1.807, 2.05) is 0 Å². The summed E-state index contributed by atoms with van der Waals surface area (Å²) in [5.41, 5.74) is 3.89. The van der Waals surface area contributed by atoms with Gasteiger partial charge in [-0.1, -0.05) is 6.07 Å². The van der Waals surface area contributed by atoms with E-state index in [0.29, 0.717) is 0 Å². The zero-order chi connectivity index (χ0) is 15.6. The first kappa shape index (κ1) is 14.7. The summed E-state index contributed by atoms with van der Waals surface area (Å²) in [4.78, 5) is 11.9. The summed E-state index contributed by atoms with van der Waals surface area (Å²) in [6.45, 7) is 0. The highest BCUT2D eigenvalue weighted by Gasteiger charge is 2.34. The van der Waals surface area contributed by atoms with Gasteiger partial charge in [-0.05, 0) is 36.4 Å². The number of amides is 1. The number of hydrogen-bond donors (Lipinski definition) is 3. The van der Waals surface area contributed by atoms with Crippen LogP contribution in [0, 0.1) is 0 Å². The topological polar surface area (TPSA) is 75.3 Å². The Morgan fingerprint density at radius 1 is 1.14 bits per heavy atom. The molecule has 0 unspecified atom stereocenters. The maximum absolute atomic E-state index is 12.9. The highest BCUT2D eigenvalue weighted by Crippen LogP contribution is 2.36. The first-order valence-electron chi connectivity index (χ1n) is 5.84. The first-order valence-corrected chi connectivity index (χ1v) is 5.84. The van der Waals surface area contributed by atoms with Crippen molar-refractivity contribution in [1.82, 2.24) is 0 Å². The second-order valence-corrected chi connectivity index (χ2v) is 4.31. The third-order valence-corrected chi connectivity index (χ3v) is 2.71. The van der Waals surface area contributed by atoms with Gasteiger partial charge in [-0.3, -0.25) is 4.79 Å². The number of carbonyl (C=O) groups is 1. The monoisotopic (exact) mass is 296 g/mol. The number of rotatable bonds is 2. The van der Waals surface area contributed by atoms with E-state index in [2.05, 4.69) is 5.32 Å². The molecule has 0 atom stereocenters. The Balaban J connectivity index is 2.34. The minimum absolute atomic E-state index is 0.0416. The lowest BCUT2D eigenvalue weighted by molar-refractivity contribution is -0.136. The van der Waals surface area contributed by atoms with Crippen LogP contribution in [0.3, 0.4) is 0 Å². The van der Waals surface area contributed by atoms with Gasteiger partial charge in [0.05, 0.1) is 11.3 Å². The Bertz CT molecular complexity index is 684. The second-order valence-electron chi connectivity index (χ2n) is 4.31. The number of anilines is 2. The van der Waals surface area contributed by atoms with Crippen LogP contribution in [0.1, 0.15) is 15.9 Å². The van der Waals surface area contributed by atoms with Crippen LogP contribution in [-0.4, -0.2) is 11.0 Å². The average Bonchev–Trinajstić information content (AvgIpc) is 2.39. The summed E-state index contributed by atoms with van der Waals surface area (Å²) in [6.07, 6.45) is -4.64. The van der Waals surface area contributed by atoms with Gasteiger partial charge in [-0.2, -0.15) is 13.2 Å². The van der Waals surface area contributed by atoms with Crippen LogP contribution in [-0.2, 0) is 6.18 Å². The lowest BCUT2D eigenvalue weighted by atomic mass is 10.1. The molecule has 4 N–H and O–H groups in total. The van der Waals surface area contributed by atoms with Crippen LogP contribution in [0.5, 0.6) is 5.75 Å². The number of carbonyl (C=O) groups excluding carboxylic acids is 1. The molecule has 2 rings (SSSR count). The fourth-order valence-corrected chi connectivity index (χ4v) is 1.75. The average molecular weight is 296 g/mol. The molecule has 21 heavy (non-hydrogen) atoms. The SMILES string of the molecule is Nc1ccc(NC(=O)c2cccc(O)c2)c(C(F)(F)F)c1. The third kappa shape index (κ3) is 3.44. The minimum atomic E-state index is -4.64. The predicted molar refractivity (Wildman–Crippen MR) is 71.9 cm³/mol. The van der Waals surface area contributed by atoms with Crippen molar-refractivity contribution in [3.05, 3.63) is 53.6 Å². The van der Waals surface area contributed by atoms with Gasteiger partial charge in [0.15, 0.2) is 0 Å². The van der Waals surface area contributed by atoms with Crippen LogP contribution in [0.25, 0.3) is 0 Å². The molecule has 0 aliphatic heterocycles. The highest BCUT2D eigenvalue weighted by molar-refractivity contribution is 6.05. The molecule has 0 radical (unpaired) electrons. The Labute approximate surface area is 118 Å². The summed E-state index contributed by atoms with van der Waals surface area (Å²) in [5.74, 6) is -0.919. The molecule has 0 saturated heterocycles. The number of nitrogen functional groups attached to an aromatic ring is 1. The molecule has 0 aromatic heterocycles. The Hall–Kier alpha value is -2.70. The third-order valence-electron chi connectivity index (χ3n) is 2.71. The fourth-order valence-electron chi connectivity index (χ4n) is 1.75. The molecule has 2 aromatic rings. The van der Waals surface area contributed by atoms with Gasteiger partial charge in [-0.25, -0.2) is 0 Å². The van der Waals surface area contributed by atoms with E-state index in [1.54, 1.807) is 0 Å². The molecular formula is C14H11F3N2O2. The maximum atomic E-state index is 12.9. The van der Waals surface area contributed by atoms with Gasteiger partial charge < -0.3 is 16.2 Å². The van der Waals surface area contributed by atoms with Crippen LogP contribution < -0.4 is 11.1 Å². The number of nitrogens with two attached hydrogens (primary N) is 1. The standard InChI is InChI=1S/C14H11F3N2O2/c15-14(16,17)11-7-9(18)4-5-12(11)19-13(21)8-2-1-3-10(20)6-8/h1-7,20H,18H2,(H,19,21). The molecule has 7 heteroatoms. The first-order chi connectivity index (χ1) is 9.77. The molecule has 0 heterocycles. The molecule has 1 amide bonds. The number of hydrogen-bond acceptors (Lipinski definition) is 3. The largest absolute Gasteiger partial charge is 0.508 e. The van der Waals surface area contributed by atoms with Crippen molar-refractivity contribution in [3.8, 4) is 5.75 Å². The zero-order valence-electron chi connectivity index (χ0n) is 10.6. The van der Waals surface area contributed by atoms with Gasteiger partial charge in [0.2, 0.25) is 0 Å². The molecule has 2 aromatic carbocycles. The lowest BCUT2D eigenvalue weighted by Crippen LogP contribution is -2.17. The summed E-state index contributed by atoms with van der Waals surface area (Å²) < 4.78 is 38.7. The van der Waals surface area contributed by atoms with Gasteiger partial charge in [0.25, 0.3) is 5.91 Å². The van der Waals surface area contributed by atoms with E-state index in [1.165, 1.54) is 24.3 Å². The van der Waals surface area contributed by atoms with Crippen LogP contribution >= 0.6 is 0 Å². The van der Waals surface area contributed by atoms with Crippen LogP contribution in [0.2, 0.25) is 0 Å². The number of aromatic hydroxyl groups is 1. The maximum Gasteiger partial charge on any atom is 0.418 e. The second kappa shape index (κ2) is 5.35. The number of benzene rings is 2. The molecule has 0 bridgehead atoms. The van der Waals surface area contributed by atoms with Crippen molar-refractivity contribution in [3.63, 3.8) is 0 Å². The van der Waals surface area contributed by atoms with Gasteiger partial charge >= 0.3 is 6.18 Å². The fraction of sp³-hybridized carbons (Fsp3) is 0.0714. The smallest absolute Gasteiger partial charge is 0.418 e. The normalized spacial score (nSPS) is 11.2. The van der Waals surface area contributed by atoms with Crippen molar-refractivity contribution in [1.29, 1.82) is 0 Å². The summed E-state index contributed by atoms with van der Waals surface area (Å²) in [7, 11) is 0. The van der Waals surface area contributed by atoms with E-state index in [4.69, 9.17) is 5.73 Å². The minimum Gasteiger partial charge on any atom is -0.508 e. The van der Waals surface area contributed by atoms with E-state index < -0.39 is 23.3 Å². The molecule has 0 saturated carbocycles. The number of phenols is 1. The van der Waals surface area contributed by atoms with E-state index in [0.717, 1.165) is 18.2 Å². The van der Waals surface area contributed by atoms with Crippen molar-refractivity contribution in [2.24, 2.45) is 0 Å². The zero-order valence-corrected chi connectivity index (χ0v) is 10.6. The van der Waals surface area contributed by atoms with E-state index in [9.17, 15) is 23.1 Å². The molecule has 110 valence electrons. The van der Waals surface area contributed by atoms with E-state index in [-0.39, 0.29) is 17.0 Å². The van der Waals surface area contributed by atoms with Crippen LogP contribution in [0.4, 0.5) is 24.5 Å². The van der Waals surface area contributed by atoms with Gasteiger partial charge in [0, 0.05) is 11.3 Å². The molecule has 0 fully saturated rings. The van der Waals surface area contributed by atoms with E-state index >= 15 is 0 Å². The number of phenolic OH excluding ortho intramolecular Hbond substituents is 1. The Kier molecular flexibility index (Phi) is 3.75. The van der Waals surface area contributed by atoms with Crippen molar-refractivity contribution < 1.29 is 23.1 Å². The molecule has 0 aliphatic carbocycles. The molecule has 4 nitrogen and oxygen atoms in total. The highest BCUT2D eigenvalue weighted by atomic mass is 19.4. The van der Waals surface area contributed by atoms with Crippen molar-refractivity contribution >= 4 is 17.3 Å². The molecular weight excluding hydrogens is 285 g/mol. The summed E-state index contributed by atoms with van der Waals surface area (Å²) in [5, 5.41) is 11.4. The predicted octanol–water partition coefficient (Wildman–Crippen LogP) is 3.25. The number of halogens is 3. The van der Waals surface area contributed by atoms with Gasteiger partial charge in [0.1, 0.15) is 5.75 Å². The Morgan fingerprint density at radius 2 is 1.86 bits per heavy atom. The summed E-state index contributed by atoms with van der Waals surface area (Å²) >= 11 is 0. The number of alkyl halides is 3. The van der Waals surface area contributed by atoms with Gasteiger partial charge in [-0.15, -0.1) is 0 Å². The Morgan fingerprint density at radius 3 is 2.48 bits per heavy atom. The van der Waals surface area contributed by atoms with Crippen molar-refractivity contribution in [2.75, 3.05) is 11.1 Å². The summed E-state index contributed by atoms with van der Waals surface area (Å²) in [6, 6.07) is 8.38. The molecule has 0 spiro atoms. The quantitative estimate of drug-likeness (QED) is 0.745.